The van der Waals surface area contributed by atoms with Crippen LogP contribution < -0.4 is 5.32 Å². The van der Waals surface area contributed by atoms with Crippen LogP contribution in [-0.2, 0) is 19.5 Å². The Hall–Kier alpha value is -1.60. The molecule has 0 radical (unpaired) electrons. The van der Waals surface area contributed by atoms with Gasteiger partial charge < -0.3 is 5.32 Å². The molecule has 0 aliphatic heterocycles. The van der Waals surface area contributed by atoms with Gasteiger partial charge in [-0.25, -0.2) is 0 Å². The molecule has 0 atom stereocenters. The summed E-state index contributed by atoms with van der Waals surface area (Å²) in [6, 6.07) is 17.2. The van der Waals surface area contributed by atoms with Gasteiger partial charge in [-0.3, -0.25) is 0 Å². The quantitative estimate of drug-likeness (QED) is 0.835. The van der Waals surface area contributed by atoms with Crippen LogP contribution in [0.25, 0.3) is 0 Å². The van der Waals surface area contributed by atoms with Gasteiger partial charge in [0.1, 0.15) is 0 Å². The van der Waals surface area contributed by atoms with E-state index in [4.69, 9.17) is 0 Å². The lowest BCUT2D eigenvalue weighted by molar-refractivity contribution is 0.686. The van der Waals surface area contributed by atoms with Gasteiger partial charge >= 0.3 is 0 Å². The molecule has 2 rings (SSSR count). The fourth-order valence-corrected chi connectivity index (χ4v) is 2.22. The first-order chi connectivity index (χ1) is 8.81. The third-order valence-corrected chi connectivity index (χ3v) is 3.39. The maximum absolute atomic E-state index is 3.53. The third kappa shape index (κ3) is 3.21. The van der Waals surface area contributed by atoms with E-state index in [0.717, 1.165) is 19.5 Å². The minimum Gasteiger partial charge on any atom is -0.309 e. The molecule has 0 heterocycles. The lowest BCUT2D eigenvalue weighted by Gasteiger charge is -2.10. The summed E-state index contributed by atoms with van der Waals surface area (Å²) in [5.41, 5.74) is 5.59. The molecule has 0 bridgehead atoms. The number of nitrogens with one attached hydrogen (secondary N) is 1. The van der Waals surface area contributed by atoms with E-state index in [1.807, 2.05) is 0 Å². The summed E-state index contributed by atoms with van der Waals surface area (Å²) in [4.78, 5) is 0. The van der Waals surface area contributed by atoms with Crippen molar-refractivity contribution in [3.05, 3.63) is 70.8 Å². The Bertz CT molecular complexity index is 502. The Morgan fingerprint density at radius 3 is 2.00 bits per heavy atom. The molecule has 94 valence electrons. The molecule has 2 aromatic carbocycles. The SMILES string of the molecule is CCc1ccccc1CNCc1ccccc1C. The van der Waals surface area contributed by atoms with Gasteiger partial charge in [0.05, 0.1) is 0 Å². The topological polar surface area (TPSA) is 12.0 Å². The molecular weight excluding hydrogens is 218 g/mol. The van der Waals surface area contributed by atoms with E-state index >= 15 is 0 Å². The molecule has 18 heavy (non-hydrogen) atoms. The van der Waals surface area contributed by atoms with Crippen molar-refractivity contribution >= 4 is 0 Å². The van der Waals surface area contributed by atoms with E-state index in [2.05, 4.69) is 67.7 Å². The van der Waals surface area contributed by atoms with Crippen LogP contribution in [0.2, 0.25) is 0 Å². The summed E-state index contributed by atoms with van der Waals surface area (Å²) >= 11 is 0. The molecule has 1 nitrogen and oxygen atoms in total. The fourth-order valence-electron chi connectivity index (χ4n) is 2.22. The zero-order valence-electron chi connectivity index (χ0n) is 11.2. The molecule has 0 saturated heterocycles. The summed E-state index contributed by atoms with van der Waals surface area (Å²) in [6.45, 7) is 6.25. The monoisotopic (exact) mass is 239 g/mol. The van der Waals surface area contributed by atoms with Gasteiger partial charge in [-0.2, -0.15) is 0 Å². The summed E-state index contributed by atoms with van der Waals surface area (Å²) in [7, 11) is 0. The van der Waals surface area contributed by atoms with Gasteiger partial charge in [0.2, 0.25) is 0 Å². The molecule has 1 heteroatoms. The lowest BCUT2D eigenvalue weighted by Crippen LogP contribution is -2.14. The van der Waals surface area contributed by atoms with Crippen molar-refractivity contribution in [1.82, 2.24) is 5.32 Å². The lowest BCUT2D eigenvalue weighted by atomic mass is 10.0. The van der Waals surface area contributed by atoms with Crippen LogP contribution in [0.4, 0.5) is 0 Å². The molecule has 0 amide bonds. The van der Waals surface area contributed by atoms with Gasteiger partial charge in [0.25, 0.3) is 0 Å². The minimum atomic E-state index is 0.935. The first-order valence-electron chi connectivity index (χ1n) is 6.63. The van der Waals surface area contributed by atoms with Crippen LogP contribution in [0, 0.1) is 6.92 Å². The van der Waals surface area contributed by atoms with Crippen LogP contribution in [0.1, 0.15) is 29.2 Å². The first kappa shape index (κ1) is 12.8. The highest BCUT2D eigenvalue weighted by Gasteiger charge is 2.00. The van der Waals surface area contributed by atoms with Crippen LogP contribution >= 0.6 is 0 Å². The number of benzene rings is 2. The summed E-state index contributed by atoms with van der Waals surface area (Å²) in [6.07, 6.45) is 1.10. The maximum Gasteiger partial charge on any atom is 0.0211 e. The van der Waals surface area contributed by atoms with Gasteiger partial charge in [-0.15, -0.1) is 0 Å². The molecule has 0 aliphatic carbocycles. The molecule has 2 aromatic rings. The van der Waals surface area contributed by atoms with Crippen molar-refractivity contribution in [2.45, 2.75) is 33.4 Å². The van der Waals surface area contributed by atoms with Crippen LogP contribution in [0.5, 0.6) is 0 Å². The standard InChI is InChI=1S/C17H21N/c1-3-15-9-6-7-11-17(15)13-18-12-16-10-5-4-8-14(16)2/h4-11,18H,3,12-13H2,1-2H3. The predicted molar refractivity (Wildman–Crippen MR) is 77.5 cm³/mol. The highest BCUT2D eigenvalue weighted by atomic mass is 14.8. The Balaban J connectivity index is 1.95. The second-order valence-corrected chi connectivity index (χ2v) is 4.65. The molecular formula is C17H21N. The van der Waals surface area contributed by atoms with E-state index < -0.39 is 0 Å². The van der Waals surface area contributed by atoms with E-state index in [0.29, 0.717) is 0 Å². The smallest absolute Gasteiger partial charge is 0.0211 e. The van der Waals surface area contributed by atoms with Crippen LogP contribution in [-0.4, -0.2) is 0 Å². The summed E-state index contributed by atoms with van der Waals surface area (Å²) in [5.74, 6) is 0. The average molecular weight is 239 g/mol. The van der Waals surface area contributed by atoms with Gasteiger partial charge in [-0.05, 0) is 35.6 Å². The van der Waals surface area contributed by atoms with Gasteiger partial charge in [-0.1, -0.05) is 55.5 Å². The fraction of sp³-hybridized carbons (Fsp3) is 0.294. The van der Waals surface area contributed by atoms with E-state index in [1.54, 1.807) is 0 Å². The molecule has 1 N–H and O–H groups in total. The highest BCUT2D eigenvalue weighted by Crippen LogP contribution is 2.10. The Kier molecular flexibility index (Phi) is 4.54. The highest BCUT2D eigenvalue weighted by molar-refractivity contribution is 5.28. The number of hydrogen-bond acceptors (Lipinski definition) is 1. The summed E-state index contributed by atoms with van der Waals surface area (Å²) < 4.78 is 0. The van der Waals surface area contributed by atoms with E-state index in [-0.39, 0.29) is 0 Å². The van der Waals surface area contributed by atoms with Crippen LogP contribution in [0.3, 0.4) is 0 Å². The van der Waals surface area contributed by atoms with E-state index in [9.17, 15) is 0 Å². The zero-order chi connectivity index (χ0) is 12.8. The maximum atomic E-state index is 3.53. The molecule has 0 unspecified atom stereocenters. The number of hydrogen-bond donors (Lipinski definition) is 1. The van der Waals surface area contributed by atoms with Gasteiger partial charge in [0.15, 0.2) is 0 Å². The third-order valence-electron chi connectivity index (χ3n) is 3.39. The average Bonchev–Trinajstić information content (AvgIpc) is 2.41. The first-order valence-corrected chi connectivity index (χ1v) is 6.63. The molecule has 0 aromatic heterocycles. The van der Waals surface area contributed by atoms with Gasteiger partial charge in [0, 0.05) is 13.1 Å². The molecule has 0 aliphatic rings. The molecule has 0 spiro atoms. The normalized spacial score (nSPS) is 10.6. The van der Waals surface area contributed by atoms with Crippen molar-refractivity contribution in [1.29, 1.82) is 0 Å². The number of aryl methyl sites for hydroxylation is 2. The van der Waals surface area contributed by atoms with Crippen molar-refractivity contribution in [2.75, 3.05) is 0 Å². The molecule has 0 fully saturated rings. The van der Waals surface area contributed by atoms with Crippen molar-refractivity contribution < 1.29 is 0 Å². The van der Waals surface area contributed by atoms with E-state index in [1.165, 1.54) is 22.3 Å². The minimum absolute atomic E-state index is 0.935. The Morgan fingerprint density at radius 2 is 1.33 bits per heavy atom. The predicted octanol–water partition coefficient (Wildman–Crippen LogP) is 3.85. The molecule has 0 saturated carbocycles. The Morgan fingerprint density at radius 1 is 0.778 bits per heavy atom. The van der Waals surface area contributed by atoms with Crippen molar-refractivity contribution in [3.8, 4) is 0 Å². The second-order valence-electron chi connectivity index (χ2n) is 4.65. The van der Waals surface area contributed by atoms with Crippen molar-refractivity contribution in [3.63, 3.8) is 0 Å². The summed E-state index contributed by atoms with van der Waals surface area (Å²) in [5, 5.41) is 3.53. The second kappa shape index (κ2) is 6.36. The van der Waals surface area contributed by atoms with Crippen LogP contribution in [0.15, 0.2) is 48.5 Å². The zero-order valence-corrected chi connectivity index (χ0v) is 11.2. The number of rotatable bonds is 5. The Labute approximate surface area is 110 Å². The van der Waals surface area contributed by atoms with Crippen molar-refractivity contribution in [2.24, 2.45) is 0 Å². The largest absolute Gasteiger partial charge is 0.309 e.